The van der Waals surface area contributed by atoms with Gasteiger partial charge in [0.15, 0.2) is 0 Å². The van der Waals surface area contributed by atoms with Gasteiger partial charge in [-0.2, -0.15) is 4.31 Å². The summed E-state index contributed by atoms with van der Waals surface area (Å²) in [6, 6.07) is 6.92. The lowest BCUT2D eigenvalue weighted by Gasteiger charge is -2.25. The highest BCUT2D eigenvalue weighted by atomic mass is 32.2. The number of nitrogens with zero attached hydrogens (tertiary/aromatic N) is 2. The Balaban J connectivity index is 1.94. The number of anilines is 1. The molecule has 8 heteroatoms. The Morgan fingerprint density at radius 3 is 2.73 bits per heavy atom. The van der Waals surface area contributed by atoms with Crippen molar-refractivity contribution in [2.24, 2.45) is 0 Å². The van der Waals surface area contributed by atoms with Crippen molar-refractivity contribution in [1.82, 2.24) is 4.31 Å². The van der Waals surface area contributed by atoms with Gasteiger partial charge in [-0.1, -0.05) is 12.1 Å². The summed E-state index contributed by atoms with van der Waals surface area (Å²) in [4.78, 5) is 25.5. The van der Waals surface area contributed by atoms with Crippen molar-refractivity contribution in [3.05, 3.63) is 35.9 Å². The zero-order valence-corrected chi connectivity index (χ0v) is 15.0. The van der Waals surface area contributed by atoms with E-state index in [4.69, 9.17) is 0 Å². The third-order valence-electron chi connectivity index (χ3n) is 5.12. The average Bonchev–Trinajstić information content (AvgIpc) is 3.21. The number of hydrogen-bond acceptors (Lipinski definition) is 5. The van der Waals surface area contributed by atoms with E-state index in [1.807, 2.05) is 6.92 Å². The van der Waals surface area contributed by atoms with Crippen LogP contribution >= 0.6 is 0 Å². The van der Waals surface area contributed by atoms with Gasteiger partial charge < -0.3 is 14.8 Å². The molecular weight excluding hydrogens is 356 g/mol. The minimum Gasteiger partial charge on any atom is -0.548 e. The standard InChI is InChI=1S/C18H18N2O5S/c1-2-19-13-8-9-15(11-5-3-6-12(16(11)13)17(19)21)26(24,25)20-10-4-7-14(20)18(22)23/h3,5-6,8-9,14H,2,4,7,10H2,1H3,(H,22,23)/p-1/t14-/m1/s1. The molecule has 26 heavy (non-hydrogen) atoms. The molecule has 1 saturated heterocycles. The van der Waals surface area contributed by atoms with Crippen LogP contribution < -0.4 is 10.0 Å². The third kappa shape index (κ3) is 2.18. The molecule has 0 saturated carbocycles. The molecule has 2 aromatic carbocycles. The second-order valence-corrected chi connectivity index (χ2v) is 8.31. The van der Waals surface area contributed by atoms with Crippen LogP contribution in [-0.2, 0) is 14.8 Å². The maximum absolute atomic E-state index is 13.2. The molecule has 0 aromatic heterocycles. The van der Waals surface area contributed by atoms with Crippen molar-refractivity contribution < 1.29 is 23.1 Å². The van der Waals surface area contributed by atoms with Crippen LogP contribution in [0.15, 0.2) is 35.2 Å². The normalized spacial score (nSPS) is 20.3. The van der Waals surface area contributed by atoms with E-state index in [0.29, 0.717) is 35.0 Å². The van der Waals surface area contributed by atoms with Gasteiger partial charge in [-0.25, -0.2) is 8.42 Å². The number of aliphatic carboxylic acids is 1. The highest BCUT2D eigenvalue weighted by Gasteiger charge is 2.38. The first-order valence-corrected chi connectivity index (χ1v) is 9.92. The molecule has 2 aliphatic heterocycles. The first-order chi connectivity index (χ1) is 12.4. The van der Waals surface area contributed by atoms with Gasteiger partial charge in [-0.05, 0) is 38.0 Å². The predicted molar refractivity (Wildman–Crippen MR) is 93.2 cm³/mol. The van der Waals surface area contributed by atoms with Gasteiger partial charge in [-0.3, -0.25) is 4.79 Å². The van der Waals surface area contributed by atoms with Crippen molar-refractivity contribution >= 4 is 38.4 Å². The van der Waals surface area contributed by atoms with E-state index in [2.05, 4.69) is 0 Å². The molecule has 2 aliphatic rings. The summed E-state index contributed by atoms with van der Waals surface area (Å²) < 4.78 is 27.4. The second-order valence-electron chi connectivity index (χ2n) is 6.45. The molecule has 0 N–H and O–H groups in total. The number of sulfonamides is 1. The topological polar surface area (TPSA) is 97.8 Å². The fourth-order valence-electron chi connectivity index (χ4n) is 3.95. The van der Waals surface area contributed by atoms with E-state index < -0.39 is 22.0 Å². The molecule has 2 heterocycles. The van der Waals surface area contributed by atoms with E-state index in [9.17, 15) is 23.1 Å². The minimum absolute atomic E-state index is 0.0250. The average molecular weight is 373 g/mol. The van der Waals surface area contributed by atoms with Crippen LogP contribution in [0.1, 0.15) is 30.1 Å². The summed E-state index contributed by atoms with van der Waals surface area (Å²) in [5, 5.41) is 12.4. The highest BCUT2D eigenvalue weighted by Crippen LogP contribution is 2.41. The fourth-order valence-corrected chi connectivity index (χ4v) is 5.78. The van der Waals surface area contributed by atoms with Crippen molar-refractivity contribution in [2.75, 3.05) is 18.0 Å². The van der Waals surface area contributed by atoms with Gasteiger partial charge in [0.2, 0.25) is 10.0 Å². The van der Waals surface area contributed by atoms with Crippen LogP contribution in [0.4, 0.5) is 5.69 Å². The highest BCUT2D eigenvalue weighted by molar-refractivity contribution is 7.89. The Bertz CT molecular complexity index is 1050. The zero-order valence-electron chi connectivity index (χ0n) is 14.1. The number of hydrogen-bond donors (Lipinski definition) is 0. The van der Waals surface area contributed by atoms with Crippen LogP contribution in [0.25, 0.3) is 10.8 Å². The lowest BCUT2D eigenvalue weighted by atomic mass is 10.1. The van der Waals surface area contributed by atoms with Gasteiger partial charge >= 0.3 is 0 Å². The molecule has 0 radical (unpaired) electrons. The molecule has 1 fully saturated rings. The van der Waals surface area contributed by atoms with E-state index in [0.717, 1.165) is 4.31 Å². The smallest absolute Gasteiger partial charge is 0.258 e. The van der Waals surface area contributed by atoms with Gasteiger partial charge in [0.25, 0.3) is 5.91 Å². The lowest BCUT2D eigenvalue weighted by Crippen LogP contribution is -2.46. The van der Waals surface area contributed by atoms with Crippen molar-refractivity contribution in [2.45, 2.75) is 30.7 Å². The molecular formula is C18H17N2O5S-. The number of carbonyl (C=O) groups excluding carboxylic acids is 2. The SMILES string of the molecule is CCN1C(=O)c2cccc3c(S(=O)(=O)N4CCC[C@@H]4C(=O)[O-])ccc1c23. The van der Waals surface area contributed by atoms with E-state index in [-0.39, 0.29) is 23.8 Å². The summed E-state index contributed by atoms with van der Waals surface area (Å²) in [6.45, 7) is 2.48. The zero-order chi connectivity index (χ0) is 18.6. The molecule has 1 atom stereocenters. The Morgan fingerprint density at radius 1 is 1.27 bits per heavy atom. The van der Waals surface area contributed by atoms with Crippen LogP contribution in [0.5, 0.6) is 0 Å². The summed E-state index contributed by atoms with van der Waals surface area (Å²) >= 11 is 0. The molecule has 0 aliphatic carbocycles. The number of carbonyl (C=O) groups is 2. The van der Waals surface area contributed by atoms with Crippen LogP contribution in [0.3, 0.4) is 0 Å². The van der Waals surface area contributed by atoms with E-state index in [1.165, 1.54) is 6.07 Å². The number of carboxylic acids is 1. The maximum Gasteiger partial charge on any atom is 0.258 e. The number of benzene rings is 2. The van der Waals surface area contributed by atoms with Crippen molar-refractivity contribution in [3.8, 4) is 0 Å². The van der Waals surface area contributed by atoms with Gasteiger partial charge in [0.1, 0.15) is 0 Å². The maximum atomic E-state index is 13.2. The van der Waals surface area contributed by atoms with Crippen molar-refractivity contribution in [1.29, 1.82) is 0 Å². The molecule has 0 bridgehead atoms. The summed E-state index contributed by atoms with van der Waals surface area (Å²) in [5.74, 6) is -1.54. The predicted octanol–water partition coefficient (Wildman–Crippen LogP) is 0.723. The summed E-state index contributed by atoms with van der Waals surface area (Å²) in [6.07, 6.45) is 0.714. The Hall–Kier alpha value is -2.45. The number of rotatable bonds is 4. The van der Waals surface area contributed by atoms with Gasteiger partial charge in [-0.15, -0.1) is 0 Å². The molecule has 4 rings (SSSR count). The summed E-state index contributed by atoms with van der Waals surface area (Å²) in [7, 11) is -4.02. The number of carboxylic acid groups (broad SMARTS) is 1. The van der Waals surface area contributed by atoms with Crippen molar-refractivity contribution in [3.63, 3.8) is 0 Å². The van der Waals surface area contributed by atoms with Crippen LogP contribution in [0, 0.1) is 0 Å². The Labute approximate surface area is 150 Å². The number of amides is 1. The molecule has 0 spiro atoms. The van der Waals surface area contributed by atoms with Gasteiger partial charge in [0, 0.05) is 29.4 Å². The molecule has 0 unspecified atom stereocenters. The second kappa shape index (κ2) is 5.78. The largest absolute Gasteiger partial charge is 0.548 e. The van der Waals surface area contributed by atoms with Crippen LogP contribution in [0.2, 0.25) is 0 Å². The van der Waals surface area contributed by atoms with Crippen LogP contribution in [-0.4, -0.2) is 43.7 Å². The quantitative estimate of drug-likeness (QED) is 0.787. The summed E-state index contributed by atoms with van der Waals surface area (Å²) in [5.41, 5.74) is 1.15. The fraction of sp³-hybridized carbons (Fsp3) is 0.333. The molecule has 1 amide bonds. The third-order valence-corrected chi connectivity index (χ3v) is 7.09. The minimum atomic E-state index is -4.02. The molecule has 136 valence electrons. The van der Waals surface area contributed by atoms with E-state index >= 15 is 0 Å². The first-order valence-electron chi connectivity index (χ1n) is 8.48. The Kier molecular flexibility index (Phi) is 3.78. The lowest BCUT2D eigenvalue weighted by molar-refractivity contribution is -0.309. The molecule has 2 aromatic rings. The van der Waals surface area contributed by atoms with E-state index in [1.54, 1.807) is 29.2 Å². The Morgan fingerprint density at radius 2 is 2.04 bits per heavy atom. The van der Waals surface area contributed by atoms with Gasteiger partial charge in [0.05, 0.1) is 22.6 Å². The molecule has 7 nitrogen and oxygen atoms in total. The monoisotopic (exact) mass is 373 g/mol. The first kappa shape index (κ1) is 17.0.